The van der Waals surface area contributed by atoms with Crippen LogP contribution in [0.2, 0.25) is 0 Å². The summed E-state index contributed by atoms with van der Waals surface area (Å²) in [6.45, 7) is 7.70. The van der Waals surface area contributed by atoms with Crippen LogP contribution in [0.3, 0.4) is 0 Å². The van der Waals surface area contributed by atoms with Crippen LogP contribution in [-0.4, -0.2) is 0 Å². The summed E-state index contributed by atoms with van der Waals surface area (Å²) in [6.07, 6.45) is 5.98. The van der Waals surface area contributed by atoms with Gasteiger partial charge < -0.3 is 0 Å². The van der Waals surface area contributed by atoms with Crippen molar-refractivity contribution in [1.82, 2.24) is 0 Å². The number of hydrogen-bond donors (Lipinski definition) is 1. The Balaban J connectivity index is 3.98. The Labute approximate surface area is 71.9 Å². The minimum atomic E-state index is 1.06. The topological polar surface area (TPSA) is 0 Å². The molecule has 0 nitrogen and oxygen atoms in total. The lowest BCUT2D eigenvalue weighted by Crippen LogP contribution is -1.65. The molecule has 0 fully saturated rings. The smallest absolute Gasteiger partial charge is 0.0137 e. The molecule has 0 rings (SSSR count). The second-order valence-electron chi connectivity index (χ2n) is 1.96. The van der Waals surface area contributed by atoms with Gasteiger partial charge in [0.1, 0.15) is 0 Å². The zero-order valence-corrected chi connectivity index (χ0v) is 8.01. The molecule has 0 N–H and O–H groups in total. The van der Waals surface area contributed by atoms with Crippen LogP contribution in [0.25, 0.3) is 0 Å². The lowest BCUT2D eigenvalue weighted by molar-refractivity contribution is 1.55. The summed E-state index contributed by atoms with van der Waals surface area (Å²) < 4.78 is 0. The first-order valence-corrected chi connectivity index (χ1v) is 4.89. The third-order valence-electron chi connectivity index (χ3n) is 0.922. The molecule has 2 heteroatoms. The van der Waals surface area contributed by atoms with Crippen molar-refractivity contribution in [2.45, 2.75) is 13.8 Å². The third kappa shape index (κ3) is 4.77. The molecule has 0 saturated carbocycles. The van der Waals surface area contributed by atoms with Gasteiger partial charge in [0.25, 0.3) is 0 Å². The van der Waals surface area contributed by atoms with E-state index in [4.69, 9.17) is 0 Å². The lowest BCUT2D eigenvalue weighted by Gasteiger charge is -1.91. The summed E-state index contributed by atoms with van der Waals surface area (Å²) in [7, 11) is 1.44. The van der Waals surface area contributed by atoms with Crippen LogP contribution in [-0.2, 0) is 0 Å². The molecule has 0 aliphatic rings. The second kappa shape index (κ2) is 5.69. The van der Waals surface area contributed by atoms with Crippen LogP contribution in [0.4, 0.5) is 0 Å². The van der Waals surface area contributed by atoms with Gasteiger partial charge in [0, 0.05) is 4.91 Å². The van der Waals surface area contributed by atoms with Gasteiger partial charge in [-0.3, -0.25) is 0 Å². The molecule has 0 unspecified atom stereocenters. The van der Waals surface area contributed by atoms with E-state index in [1.54, 1.807) is 0 Å². The van der Waals surface area contributed by atoms with Crippen molar-refractivity contribution in [3.8, 4) is 0 Å². The van der Waals surface area contributed by atoms with E-state index in [-0.39, 0.29) is 0 Å². The maximum Gasteiger partial charge on any atom is 0.0137 e. The molecule has 0 aromatic heterocycles. The summed E-state index contributed by atoms with van der Waals surface area (Å²) in [5.74, 6) is 0. The van der Waals surface area contributed by atoms with Crippen molar-refractivity contribution in [1.29, 1.82) is 0 Å². The highest BCUT2D eigenvalue weighted by Crippen LogP contribution is 2.20. The van der Waals surface area contributed by atoms with Gasteiger partial charge in [-0.15, -0.1) is 11.7 Å². The van der Waals surface area contributed by atoms with Crippen LogP contribution in [0.15, 0.2) is 35.3 Å². The highest BCUT2D eigenvalue weighted by atomic mass is 33.1. The zero-order valence-electron chi connectivity index (χ0n) is 6.29. The van der Waals surface area contributed by atoms with E-state index >= 15 is 0 Å². The van der Waals surface area contributed by atoms with E-state index in [2.05, 4.69) is 18.2 Å². The Hall–Kier alpha value is -0.0800. The first kappa shape index (κ1) is 9.92. The van der Waals surface area contributed by atoms with Gasteiger partial charge in [-0.25, -0.2) is 0 Å². The Morgan fingerprint density at radius 2 is 2.10 bits per heavy atom. The summed E-state index contributed by atoms with van der Waals surface area (Å²) in [5, 5.41) is 0. The van der Waals surface area contributed by atoms with E-state index in [0.717, 1.165) is 10.5 Å². The highest BCUT2D eigenvalue weighted by molar-refractivity contribution is 8.70. The van der Waals surface area contributed by atoms with E-state index < -0.39 is 0 Å². The van der Waals surface area contributed by atoms with Gasteiger partial charge in [-0.2, -0.15) is 0 Å². The fourth-order valence-electron chi connectivity index (χ4n) is 0.404. The molecule has 0 aliphatic carbocycles. The Kier molecular flexibility index (Phi) is 5.64. The van der Waals surface area contributed by atoms with Crippen molar-refractivity contribution >= 4 is 22.5 Å². The molecule has 0 amide bonds. The van der Waals surface area contributed by atoms with Gasteiger partial charge in [0.2, 0.25) is 0 Å². The van der Waals surface area contributed by atoms with Gasteiger partial charge >= 0.3 is 0 Å². The SMILES string of the molecule is C=C(C)/C=C\C(=C/C)SS. The minimum Gasteiger partial charge on any atom is -0.106 e. The summed E-state index contributed by atoms with van der Waals surface area (Å²) in [5.41, 5.74) is 1.06. The van der Waals surface area contributed by atoms with E-state index in [1.807, 2.05) is 32.1 Å². The minimum absolute atomic E-state index is 1.06. The largest absolute Gasteiger partial charge is 0.106 e. The molecular formula is C8H12S2. The van der Waals surface area contributed by atoms with Crippen LogP contribution in [0.1, 0.15) is 13.8 Å². The quantitative estimate of drug-likeness (QED) is 0.385. The van der Waals surface area contributed by atoms with Crippen LogP contribution >= 0.6 is 22.5 Å². The van der Waals surface area contributed by atoms with Gasteiger partial charge in [-0.05, 0) is 19.9 Å². The Bertz CT molecular complexity index is 166. The lowest BCUT2D eigenvalue weighted by atomic mass is 10.3. The predicted octanol–water partition coefficient (Wildman–Crippen LogP) is 3.60. The normalized spacial score (nSPS) is 12.5. The monoisotopic (exact) mass is 172 g/mol. The van der Waals surface area contributed by atoms with Crippen molar-refractivity contribution < 1.29 is 0 Å². The fourth-order valence-corrected chi connectivity index (χ4v) is 1.14. The molecule has 0 heterocycles. The molecule has 10 heavy (non-hydrogen) atoms. The van der Waals surface area contributed by atoms with Crippen molar-refractivity contribution in [2.75, 3.05) is 0 Å². The molecule has 0 saturated heterocycles. The molecule has 0 spiro atoms. The molecule has 0 aromatic carbocycles. The van der Waals surface area contributed by atoms with Gasteiger partial charge in [-0.1, -0.05) is 35.1 Å². The first-order chi connectivity index (χ1) is 4.70. The Morgan fingerprint density at radius 3 is 2.40 bits per heavy atom. The third-order valence-corrected chi connectivity index (χ3v) is 2.14. The van der Waals surface area contributed by atoms with Gasteiger partial charge in [0.05, 0.1) is 0 Å². The maximum absolute atomic E-state index is 4.07. The van der Waals surface area contributed by atoms with Gasteiger partial charge in [0.15, 0.2) is 0 Å². The average Bonchev–Trinajstić information content (AvgIpc) is 1.90. The standard InChI is InChI=1S/C8H12S2/c1-4-8(10-9)6-5-7(2)3/h4-6,9H,2H2,1,3H3/b6-5-,8-4+. The number of thiol groups is 1. The molecule has 0 bridgehead atoms. The van der Waals surface area contributed by atoms with E-state index in [1.165, 1.54) is 10.8 Å². The number of hydrogen-bond acceptors (Lipinski definition) is 2. The first-order valence-electron chi connectivity index (χ1n) is 3.02. The summed E-state index contributed by atoms with van der Waals surface area (Å²) >= 11 is 4.07. The summed E-state index contributed by atoms with van der Waals surface area (Å²) in [4.78, 5) is 1.14. The zero-order chi connectivity index (χ0) is 7.98. The van der Waals surface area contributed by atoms with Crippen molar-refractivity contribution in [2.24, 2.45) is 0 Å². The fraction of sp³-hybridized carbons (Fsp3) is 0.250. The molecule has 0 radical (unpaired) electrons. The van der Waals surface area contributed by atoms with Crippen LogP contribution < -0.4 is 0 Å². The Morgan fingerprint density at radius 1 is 1.50 bits per heavy atom. The second-order valence-corrected chi connectivity index (χ2v) is 3.16. The van der Waals surface area contributed by atoms with Crippen molar-refractivity contribution in [3.05, 3.63) is 35.3 Å². The molecule has 0 atom stereocenters. The molecule has 0 aliphatic heterocycles. The summed E-state index contributed by atoms with van der Waals surface area (Å²) in [6, 6.07) is 0. The average molecular weight is 172 g/mol. The molecule has 56 valence electrons. The van der Waals surface area contributed by atoms with E-state index in [0.29, 0.717) is 0 Å². The maximum atomic E-state index is 4.07. The van der Waals surface area contributed by atoms with Crippen molar-refractivity contribution in [3.63, 3.8) is 0 Å². The number of allylic oxidation sites excluding steroid dienone is 4. The number of rotatable bonds is 3. The molecular weight excluding hydrogens is 160 g/mol. The van der Waals surface area contributed by atoms with E-state index in [9.17, 15) is 0 Å². The predicted molar refractivity (Wildman–Crippen MR) is 54.3 cm³/mol. The van der Waals surface area contributed by atoms with Crippen LogP contribution in [0, 0.1) is 0 Å². The van der Waals surface area contributed by atoms with Crippen LogP contribution in [0.5, 0.6) is 0 Å². The highest BCUT2D eigenvalue weighted by Gasteiger charge is 1.84. The molecule has 0 aromatic rings.